The molecule has 7 nitrogen and oxygen atoms in total. The zero-order valence-electron chi connectivity index (χ0n) is 17.4. The Morgan fingerprint density at radius 3 is 2.57 bits per heavy atom. The SMILES string of the molecule is COc1c(N2CC[C@@H](C(C)(C)N)C2)ccc2c(=O)c3c(=O)[nH]sc3n(C3CC3)c12.Cl. The van der Waals surface area contributed by atoms with Gasteiger partial charge in [0.2, 0.25) is 5.43 Å². The second-order valence-electron chi connectivity index (χ2n) is 8.91. The van der Waals surface area contributed by atoms with Gasteiger partial charge in [-0.2, -0.15) is 0 Å². The standard InChI is InChI=1S/C21H26N4O3S.ClH/c1-21(2,22)11-8-9-24(10-11)14-7-6-13-16(18(14)28-3)25(12-4-5-12)20-15(17(13)26)19(27)23-29-20;/h6-7,11-12H,4-5,8-10,22H2,1-3H3,(H,23,27);1H/t11-;/m1./s1. The maximum absolute atomic E-state index is 13.1. The van der Waals surface area contributed by atoms with Crippen molar-refractivity contribution in [3.63, 3.8) is 0 Å². The first kappa shape index (κ1) is 21.2. The lowest BCUT2D eigenvalue weighted by Crippen LogP contribution is -2.42. The molecular weight excluding hydrogens is 424 g/mol. The highest BCUT2D eigenvalue weighted by atomic mass is 35.5. The molecule has 3 heterocycles. The first-order valence-electron chi connectivity index (χ1n) is 10.1. The van der Waals surface area contributed by atoms with E-state index in [2.05, 4.69) is 27.7 Å². The molecule has 0 unspecified atom stereocenters. The molecule has 2 aromatic heterocycles. The van der Waals surface area contributed by atoms with Gasteiger partial charge in [0.25, 0.3) is 5.56 Å². The van der Waals surface area contributed by atoms with E-state index in [4.69, 9.17) is 10.5 Å². The number of ether oxygens (including phenoxy) is 1. The number of aromatic nitrogens is 2. The monoisotopic (exact) mass is 450 g/mol. The number of anilines is 1. The third kappa shape index (κ3) is 3.13. The largest absolute Gasteiger partial charge is 0.492 e. The zero-order chi connectivity index (χ0) is 20.5. The number of rotatable bonds is 4. The molecule has 0 bridgehead atoms. The molecule has 0 radical (unpaired) electrons. The summed E-state index contributed by atoms with van der Waals surface area (Å²) in [6.45, 7) is 5.92. The van der Waals surface area contributed by atoms with Gasteiger partial charge in [-0.25, -0.2) is 0 Å². The molecule has 3 N–H and O–H groups in total. The van der Waals surface area contributed by atoms with Crippen molar-refractivity contribution in [2.75, 3.05) is 25.1 Å². The summed E-state index contributed by atoms with van der Waals surface area (Å²) in [6, 6.07) is 4.11. The van der Waals surface area contributed by atoms with Crippen molar-refractivity contribution >= 4 is 50.7 Å². The lowest BCUT2D eigenvalue weighted by Gasteiger charge is -2.28. The molecule has 3 aromatic rings. The molecule has 5 rings (SSSR count). The van der Waals surface area contributed by atoms with Gasteiger partial charge in [-0.15, -0.1) is 12.4 Å². The van der Waals surface area contributed by atoms with Gasteiger partial charge in [0.15, 0.2) is 5.75 Å². The predicted octanol–water partition coefficient (Wildman–Crippen LogP) is 3.23. The molecule has 9 heteroatoms. The van der Waals surface area contributed by atoms with E-state index >= 15 is 0 Å². The van der Waals surface area contributed by atoms with E-state index in [9.17, 15) is 9.59 Å². The van der Waals surface area contributed by atoms with E-state index in [1.807, 2.05) is 12.1 Å². The second kappa shape index (κ2) is 7.28. The smallest absolute Gasteiger partial charge is 0.271 e. The number of aromatic amines is 1. The molecule has 1 atom stereocenters. The number of nitrogens with one attached hydrogen (secondary N) is 1. The van der Waals surface area contributed by atoms with Crippen LogP contribution in [0.5, 0.6) is 5.75 Å². The van der Waals surface area contributed by atoms with Gasteiger partial charge in [0.05, 0.1) is 23.7 Å². The number of pyridine rings is 1. The maximum Gasteiger partial charge on any atom is 0.271 e. The van der Waals surface area contributed by atoms with Crippen molar-refractivity contribution in [3.05, 3.63) is 32.7 Å². The Bertz CT molecular complexity index is 1240. The number of fused-ring (bicyclic) bond motifs is 2. The molecular formula is C21H27ClN4O3S. The third-order valence-electron chi connectivity index (χ3n) is 6.42. The number of hydrogen-bond donors (Lipinski definition) is 2. The van der Waals surface area contributed by atoms with E-state index in [0.29, 0.717) is 27.9 Å². The molecule has 2 fully saturated rings. The minimum absolute atomic E-state index is 0. The Balaban J connectivity index is 0.00000218. The normalized spacial score (nSPS) is 19.5. The molecule has 2 aliphatic rings. The first-order chi connectivity index (χ1) is 13.8. The van der Waals surface area contributed by atoms with Gasteiger partial charge < -0.3 is 19.9 Å². The Kier molecular flexibility index (Phi) is 5.15. The highest BCUT2D eigenvalue weighted by molar-refractivity contribution is 7.12. The molecule has 0 spiro atoms. The van der Waals surface area contributed by atoms with Crippen LogP contribution in [0.3, 0.4) is 0 Å². The van der Waals surface area contributed by atoms with E-state index < -0.39 is 0 Å². The summed E-state index contributed by atoms with van der Waals surface area (Å²) >= 11 is 1.24. The van der Waals surface area contributed by atoms with Crippen molar-refractivity contribution in [2.45, 2.75) is 44.7 Å². The average Bonchev–Trinajstić information content (AvgIpc) is 3.23. The van der Waals surface area contributed by atoms with Gasteiger partial charge in [-0.05, 0) is 62.7 Å². The quantitative estimate of drug-likeness (QED) is 0.636. The van der Waals surface area contributed by atoms with E-state index in [1.165, 1.54) is 11.5 Å². The summed E-state index contributed by atoms with van der Waals surface area (Å²) in [5, 5.41) is 0.805. The van der Waals surface area contributed by atoms with Crippen LogP contribution in [0.25, 0.3) is 21.1 Å². The first-order valence-corrected chi connectivity index (χ1v) is 10.9. The Labute approximate surface area is 184 Å². The van der Waals surface area contributed by atoms with Crippen LogP contribution < -0.4 is 26.4 Å². The molecule has 0 amide bonds. The number of H-pyrrole nitrogens is 1. The summed E-state index contributed by atoms with van der Waals surface area (Å²) in [4.78, 5) is 28.5. The highest BCUT2D eigenvalue weighted by Crippen LogP contribution is 2.45. The average molecular weight is 451 g/mol. The van der Waals surface area contributed by atoms with E-state index in [-0.39, 0.29) is 34.3 Å². The fourth-order valence-corrected chi connectivity index (χ4v) is 5.52. The van der Waals surface area contributed by atoms with Crippen LogP contribution in [0.15, 0.2) is 21.7 Å². The van der Waals surface area contributed by atoms with Crippen LogP contribution in [0.2, 0.25) is 0 Å². The molecule has 1 aliphatic heterocycles. The summed E-state index contributed by atoms with van der Waals surface area (Å²) < 4.78 is 10.8. The molecule has 1 aliphatic carbocycles. The molecule has 1 saturated heterocycles. The van der Waals surface area contributed by atoms with Crippen LogP contribution in [-0.4, -0.2) is 34.7 Å². The predicted molar refractivity (Wildman–Crippen MR) is 125 cm³/mol. The number of halogens is 1. The summed E-state index contributed by atoms with van der Waals surface area (Å²) in [6.07, 6.45) is 3.11. The van der Waals surface area contributed by atoms with Crippen LogP contribution in [0, 0.1) is 5.92 Å². The van der Waals surface area contributed by atoms with Gasteiger partial charge in [-0.3, -0.25) is 14.0 Å². The van der Waals surface area contributed by atoms with Gasteiger partial charge in [-0.1, -0.05) is 0 Å². The number of methoxy groups -OCH3 is 1. The number of hydrogen-bond acceptors (Lipinski definition) is 6. The van der Waals surface area contributed by atoms with Crippen molar-refractivity contribution in [2.24, 2.45) is 11.7 Å². The fourth-order valence-electron chi connectivity index (χ4n) is 4.60. The van der Waals surface area contributed by atoms with Crippen LogP contribution in [0.4, 0.5) is 5.69 Å². The summed E-state index contributed by atoms with van der Waals surface area (Å²) in [7, 11) is 1.66. The minimum atomic E-state index is -0.304. The van der Waals surface area contributed by atoms with Crippen molar-refractivity contribution < 1.29 is 4.74 Å². The maximum atomic E-state index is 13.1. The van der Waals surface area contributed by atoms with Crippen molar-refractivity contribution in [1.82, 2.24) is 8.94 Å². The fraction of sp³-hybridized carbons (Fsp3) is 0.524. The Morgan fingerprint density at radius 2 is 1.97 bits per heavy atom. The van der Waals surface area contributed by atoms with Gasteiger partial charge in [0, 0.05) is 24.7 Å². The molecule has 30 heavy (non-hydrogen) atoms. The molecule has 1 saturated carbocycles. The molecule has 162 valence electrons. The van der Waals surface area contributed by atoms with Crippen molar-refractivity contribution in [1.29, 1.82) is 0 Å². The van der Waals surface area contributed by atoms with Crippen LogP contribution in [0.1, 0.15) is 39.2 Å². The zero-order valence-corrected chi connectivity index (χ0v) is 19.0. The summed E-state index contributed by atoms with van der Waals surface area (Å²) in [5.74, 6) is 1.11. The van der Waals surface area contributed by atoms with E-state index in [0.717, 1.165) is 43.6 Å². The Hall–Kier alpha value is -2.03. The lowest BCUT2D eigenvalue weighted by atomic mass is 9.88. The molecule has 1 aromatic carbocycles. The van der Waals surface area contributed by atoms with E-state index in [1.54, 1.807) is 7.11 Å². The lowest BCUT2D eigenvalue weighted by molar-refractivity contribution is 0.348. The van der Waals surface area contributed by atoms with Crippen molar-refractivity contribution in [3.8, 4) is 5.75 Å². The second-order valence-corrected chi connectivity index (χ2v) is 9.71. The summed E-state index contributed by atoms with van der Waals surface area (Å²) in [5.41, 5.74) is 7.39. The Morgan fingerprint density at radius 1 is 1.23 bits per heavy atom. The van der Waals surface area contributed by atoms with Crippen LogP contribution >= 0.6 is 23.9 Å². The number of nitrogens with zero attached hydrogens (tertiary/aromatic N) is 2. The van der Waals surface area contributed by atoms with Crippen LogP contribution in [-0.2, 0) is 0 Å². The van der Waals surface area contributed by atoms with Gasteiger partial charge >= 0.3 is 0 Å². The van der Waals surface area contributed by atoms with Gasteiger partial charge in [0.1, 0.15) is 10.2 Å². The highest BCUT2D eigenvalue weighted by Gasteiger charge is 2.35. The number of benzene rings is 1. The minimum Gasteiger partial charge on any atom is -0.492 e. The topological polar surface area (TPSA) is 93.3 Å². The third-order valence-corrected chi connectivity index (χ3v) is 7.30. The number of nitrogens with two attached hydrogens (primary N) is 1.